The van der Waals surface area contributed by atoms with Gasteiger partial charge in [0.25, 0.3) is 15.7 Å². The van der Waals surface area contributed by atoms with Gasteiger partial charge in [-0.25, -0.2) is 8.42 Å². The van der Waals surface area contributed by atoms with Crippen LogP contribution in [-0.2, 0) is 16.4 Å². The number of fused-ring (bicyclic) bond motifs is 1. The van der Waals surface area contributed by atoms with Crippen molar-refractivity contribution in [2.24, 2.45) is 0 Å². The summed E-state index contributed by atoms with van der Waals surface area (Å²) < 4.78 is 27.7. The molecule has 7 heteroatoms. The average molecular weight is 344 g/mol. The molecule has 0 spiro atoms. The van der Waals surface area contributed by atoms with Gasteiger partial charge >= 0.3 is 0 Å². The number of allylic oxidation sites excluding steroid dienone is 2. The first kappa shape index (κ1) is 16.2. The van der Waals surface area contributed by atoms with Crippen molar-refractivity contribution < 1.29 is 13.3 Å². The van der Waals surface area contributed by atoms with E-state index in [9.17, 15) is 18.5 Å². The van der Waals surface area contributed by atoms with Crippen molar-refractivity contribution in [1.29, 1.82) is 0 Å². The summed E-state index contributed by atoms with van der Waals surface area (Å²) in [5, 5.41) is 10.8. The number of anilines is 1. The van der Waals surface area contributed by atoms with Crippen LogP contribution in [-0.4, -0.2) is 13.3 Å². The largest absolute Gasteiger partial charge is 0.279 e. The van der Waals surface area contributed by atoms with Crippen LogP contribution in [0.5, 0.6) is 0 Å². The normalized spacial score (nSPS) is 13.3. The molecule has 2 aromatic carbocycles. The van der Waals surface area contributed by atoms with Crippen LogP contribution in [0.2, 0.25) is 0 Å². The van der Waals surface area contributed by atoms with Crippen molar-refractivity contribution in [3.63, 3.8) is 0 Å². The Labute approximate surface area is 140 Å². The topological polar surface area (TPSA) is 89.3 Å². The van der Waals surface area contributed by atoms with E-state index in [1.807, 2.05) is 19.9 Å². The molecule has 0 saturated heterocycles. The number of rotatable bonds is 4. The first-order valence-electron chi connectivity index (χ1n) is 7.36. The van der Waals surface area contributed by atoms with Crippen LogP contribution in [0.1, 0.15) is 23.6 Å². The Balaban J connectivity index is 2.00. The molecule has 0 aromatic heterocycles. The van der Waals surface area contributed by atoms with E-state index >= 15 is 0 Å². The van der Waals surface area contributed by atoms with E-state index in [0.29, 0.717) is 12.1 Å². The maximum absolute atomic E-state index is 12.6. The van der Waals surface area contributed by atoms with Crippen LogP contribution in [0.4, 0.5) is 11.4 Å². The fourth-order valence-corrected chi connectivity index (χ4v) is 4.08. The number of hydrogen-bond acceptors (Lipinski definition) is 4. The molecule has 0 amide bonds. The minimum Gasteiger partial charge on any atom is -0.279 e. The molecule has 3 rings (SSSR count). The fourth-order valence-electron chi connectivity index (χ4n) is 2.95. The monoisotopic (exact) mass is 344 g/mol. The van der Waals surface area contributed by atoms with E-state index in [1.165, 1.54) is 18.2 Å². The number of aryl methyl sites for hydroxylation is 1. The summed E-state index contributed by atoms with van der Waals surface area (Å²) in [7, 11) is -3.90. The number of benzene rings is 2. The lowest BCUT2D eigenvalue weighted by Gasteiger charge is -2.14. The summed E-state index contributed by atoms with van der Waals surface area (Å²) in [4.78, 5) is 10.1. The molecule has 1 aliphatic carbocycles. The standard InChI is InChI=1S/C17H16N2O4S/c1-11-6-8-15-16(9-7-12(2)17(11)15)18-24(22,23)14-5-3-4-13(10-14)19(20)21/h3-7,9-10,18H,8H2,1-2H3. The van der Waals surface area contributed by atoms with Gasteiger partial charge in [0.2, 0.25) is 0 Å². The minimum atomic E-state index is -3.90. The van der Waals surface area contributed by atoms with Crippen molar-refractivity contribution in [1.82, 2.24) is 0 Å². The zero-order chi connectivity index (χ0) is 17.5. The van der Waals surface area contributed by atoms with Crippen LogP contribution in [0, 0.1) is 17.0 Å². The fraction of sp³-hybridized carbons (Fsp3) is 0.176. The maximum atomic E-state index is 12.6. The Morgan fingerprint density at radius 1 is 1.17 bits per heavy atom. The van der Waals surface area contributed by atoms with Crippen molar-refractivity contribution in [2.75, 3.05) is 4.72 Å². The Morgan fingerprint density at radius 3 is 2.62 bits per heavy atom. The Bertz CT molecular complexity index is 978. The number of sulfonamides is 1. The van der Waals surface area contributed by atoms with Gasteiger partial charge < -0.3 is 0 Å². The zero-order valence-electron chi connectivity index (χ0n) is 13.2. The van der Waals surface area contributed by atoms with Gasteiger partial charge in [-0.15, -0.1) is 0 Å². The molecule has 124 valence electrons. The third-order valence-corrected chi connectivity index (χ3v) is 5.47. The highest BCUT2D eigenvalue weighted by Crippen LogP contribution is 2.36. The van der Waals surface area contributed by atoms with Crippen molar-refractivity contribution in [3.8, 4) is 0 Å². The predicted octanol–water partition coefficient (Wildman–Crippen LogP) is 3.66. The average Bonchev–Trinajstić information content (AvgIpc) is 2.93. The molecule has 0 fully saturated rings. The van der Waals surface area contributed by atoms with Crippen LogP contribution in [0.15, 0.2) is 47.4 Å². The Morgan fingerprint density at radius 2 is 1.92 bits per heavy atom. The SMILES string of the molecule is CC1=CCc2c(NS(=O)(=O)c3cccc([N+](=O)[O-])c3)ccc(C)c21. The third-order valence-electron chi connectivity index (χ3n) is 4.11. The second-order valence-corrected chi connectivity index (χ2v) is 7.42. The van der Waals surface area contributed by atoms with Crippen LogP contribution < -0.4 is 4.72 Å². The molecule has 2 aromatic rings. The number of nitrogens with one attached hydrogen (secondary N) is 1. The van der Waals surface area contributed by atoms with E-state index in [-0.39, 0.29) is 10.6 Å². The van der Waals surface area contributed by atoms with Gasteiger partial charge in [-0.2, -0.15) is 0 Å². The summed E-state index contributed by atoms with van der Waals surface area (Å²) in [6.45, 7) is 3.98. The van der Waals surface area contributed by atoms with Crippen molar-refractivity contribution in [2.45, 2.75) is 25.2 Å². The van der Waals surface area contributed by atoms with Gasteiger partial charge in [-0.05, 0) is 54.7 Å². The molecule has 24 heavy (non-hydrogen) atoms. The highest BCUT2D eigenvalue weighted by atomic mass is 32.2. The van der Waals surface area contributed by atoms with Gasteiger partial charge in [0.05, 0.1) is 15.5 Å². The van der Waals surface area contributed by atoms with E-state index in [1.54, 1.807) is 6.07 Å². The molecule has 1 aliphatic rings. The molecular formula is C17H16N2O4S. The lowest BCUT2D eigenvalue weighted by molar-refractivity contribution is -0.385. The highest BCUT2D eigenvalue weighted by Gasteiger charge is 2.22. The van der Waals surface area contributed by atoms with Gasteiger partial charge in [-0.3, -0.25) is 14.8 Å². The molecule has 0 bridgehead atoms. The molecule has 0 aliphatic heterocycles. The van der Waals surface area contributed by atoms with E-state index in [4.69, 9.17) is 0 Å². The summed E-state index contributed by atoms with van der Waals surface area (Å²) in [6.07, 6.45) is 2.72. The first-order valence-corrected chi connectivity index (χ1v) is 8.85. The molecule has 0 heterocycles. The molecule has 0 radical (unpaired) electrons. The van der Waals surface area contributed by atoms with E-state index in [0.717, 1.165) is 28.3 Å². The van der Waals surface area contributed by atoms with Gasteiger partial charge in [0.1, 0.15) is 0 Å². The molecule has 0 unspecified atom stereocenters. The molecule has 6 nitrogen and oxygen atoms in total. The summed E-state index contributed by atoms with van der Waals surface area (Å²) >= 11 is 0. The van der Waals surface area contributed by atoms with Crippen LogP contribution in [0.25, 0.3) is 5.57 Å². The van der Waals surface area contributed by atoms with Gasteiger partial charge in [0, 0.05) is 12.1 Å². The highest BCUT2D eigenvalue weighted by molar-refractivity contribution is 7.92. The molecule has 0 atom stereocenters. The Hall–Kier alpha value is -2.67. The van der Waals surface area contributed by atoms with Crippen LogP contribution in [0.3, 0.4) is 0 Å². The summed E-state index contributed by atoms with van der Waals surface area (Å²) in [5.74, 6) is 0. The number of nitrogens with zero attached hydrogens (tertiary/aromatic N) is 1. The summed E-state index contributed by atoms with van der Waals surface area (Å²) in [6, 6.07) is 8.61. The zero-order valence-corrected chi connectivity index (χ0v) is 14.1. The van der Waals surface area contributed by atoms with Gasteiger partial charge in [-0.1, -0.05) is 18.2 Å². The van der Waals surface area contributed by atoms with Crippen molar-refractivity contribution in [3.05, 3.63) is 69.3 Å². The van der Waals surface area contributed by atoms with E-state index in [2.05, 4.69) is 10.8 Å². The molecular weight excluding hydrogens is 328 g/mol. The predicted molar refractivity (Wildman–Crippen MR) is 92.4 cm³/mol. The number of non-ortho nitro benzene ring substituents is 1. The van der Waals surface area contributed by atoms with E-state index < -0.39 is 14.9 Å². The lowest BCUT2D eigenvalue weighted by atomic mass is 9.99. The van der Waals surface area contributed by atoms with Crippen LogP contribution >= 0.6 is 0 Å². The number of hydrogen-bond donors (Lipinski definition) is 1. The smallest absolute Gasteiger partial charge is 0.270 e. The number of nitro benzene ring substituents is 1. The van der Waals surface area contributed by atoms with Crippen molar-refractivity contribution >= 4 is 27.0 Å². The third kappa shape index (κ3) is 2.78. The lowest BCUT2D eigenvalue weighted by Crippen LogP contribution is -2.14. The minimum absolute atomic E-state index is 0.131. The molecule has 1 N–H and O–H groups in total. The maximum Gasteiger partial charge on any atom is 0.270 e. The Kier molecular flexibility index (Phi) is 3.88. The quantitative estimate of drug-likeness (QED) is 0.677. The number of nitro groups is 1. The van der Waals surface area contributed by atoms with Gasteiger partial charge in [0.15, 0.2) is 0 Å². The second kappa shape index (κ2) is 5.76. The molecule has 0 saturated carbocycles. The second-order valence-electron chi connectivity index (χ2n) is 5.73. The summed E-state index contributed by atoms with van der Waals surface area (Å²) in [5.41, 5.74) is 4.46. The first-order chi connectivity index (χ1) is 11.3.